The van der Waals surface area contributed by atoms with E-state index in [-0.39, 0.29) is 31.7 Å². The molecule has 0 aliphatic heterocycles. The number of benzene rings is 1. The first kappa shape index (κ1) is 45.9. The fraction of sp³-hybridized carbons (Fsp3) is 0.525. The maximum Gasteiger partial charge on any atom is 0.408 e. The van der Waals surface area contributed by atoms with Crippen LogP contribution in [0, 0.1) is 11.8 Å². The minimum Gasteiger partial charge on any atom is -0.444 e. The number of H-pyrrole nitrogens is 1. The van der Waals surface area contributed by atoms with Crippen LogP contribution in [0.2, 0.25) is 0 Å². The van der Waals surface area contributed by atoms with Gasteiger partial charge < -0.3 is 42.0 Å². The molecular formula is C40H57F2N9O6. The fourth-order valence-corrected chi connectivity index (χ4v) is 5.83. The van der Waals surface area contributed by atoms with Gasteiger partial charge in [0.15, 0.2) is 0 Å². The van der Waals surface area contributed by atoms with Crippen molar-refractivity contribution in [2.75, 3.05) is 0 Å². The van der Waals surface area contributed by atoms with Gasteiger partial charge in [-0.2, -0.15) is 8.78 Å². The summed E-state index contributed by atoms with van der Waals surface area (Å²) in [5.41, 5.74) is 6.97. The molecule has 312 valence electrons. The fourth-order valence-electron chi connectivity index (χ4n) is 5.83. The van der Waals surface area contributed by atoms with E-state index in [0.717, 1.165) is 0 Å². The number of carbonyl (C=O) groups is 5. The number of pyridine rings is 1. The number of ether oxygens (including phenoxy) is 1. The summed E-state index contributed by atoms with van der Waals surface area (Å²) in [6.07, 6.45) is 3.69. The Balaban J connectivity index is 1.85. The Bertz CT molecular complexity index is 1740. The third-order valence-corrected chi connectivity index (χ3v) is 9.06. The lowest BCUT2D eigenvalue weighted by atomic mass is 9.92. The van der Waals surface area contributed by atoms with Gasteiger partial charge in [0.2, 0.25) is 17.7 Å². The van der Waals surface area contributed by atoms with Gasteiger partial charge in [0, 0.05) is 30.9 Å². The summed E-state index contributed by atoms with van der Waals surface area (Å²) in [5, 5.41) is 12.6. The average Bonchev–Trinajstić information content (AvgIpc) is 3.67. The maximum atomic E-state index is 16.1. The van der Waals surface area contributed by atoms with Crippen molar-refractivity contribution in [3.8, 4) is 0 Å². The lowest BCUT2D eigenvalue weighted by molar-refractivity contribution is -0.153. The molecule has 8 N–H and O–H groups in total. The topological polar surface area (TPSA) is 222 Å². The Morgan fingerprint density at radius 2 is 1.51 bits per heavy atom. The summed E-state index contributed by atoms with van der Waals surface area (Å²) < 4.78 is 37.6. The molecule has 2 heterocycles. The number of hydrogen-bond donors (Lipinski definition) is 7. The second kappa shape index (κ2) is 21.2. The van der Waals surface area contributed by atoms with Crippen molar-refractivity contribution in [3.05, 3.63) is 84.2 Å². The van der Waals surface area contributed by atoms with E-state index in [0.29, 0.717) is 23.4 Å². The van der Waals surface area contributed by atoms with Crippen LogP contribution < -0.4 is 32.3 Å². The van der Waals surface area contributed by atoms with Crippen LogP contribution in [-0.2, 0) is 43.3 Å². The Hall–Kier alpha value is -5.45. The van der Waals surface area contributed by atoms with Crippen LogP contribution in [0.4, 0.5) is 13.6 Å². The van der Waals surface area contributed by atoms with Crippen molar-refractivity contribution in [1.29, 1.82) is 0 Å². The summed E-state index contributed by atoms with van der Waals surface area (Å²) in [6, 6.07) is 6.35. The molecule has 0 saturated carbocycles. The van der Waals surface area contributed by atoms with Gasteiger partial charge in [-0.15, -0.1) is 0 Å². The van der Waals surface area contributed by atoms with Gasteiger partial charge in [-0.1, -0.05) is 70.5 Å². The first-order valence-electron chi connectivity index (χ1n) is 19.0. The number of alkyl halides is 2. The predicted octanol–water partition coefficient (Wildman–Crippen LogP) is 3.31. The van der Waals surface area contributed by atoms with Crippen molar-refractivity contribution in [1.82, 2.24) is 41.5 Å². The van der Waals surface area contributed by atoms with Crippen LogP contribution in [0.25, 0.3) is 0 Å². The first-order chi connectivity index (χ1) is 26.8. The molecule has 0 fully saturated rings. The van der Waals surface area contributed by atoms with Crippen molar-refractivity contribution in [2.24, 2.45) is 17.6 Å². The van der Waals surface area contributed by atoms with E-state index in [4.69, 9.17) is 10.5 Å². The molecule has 0 aliphatic carbocycles. The first-order valence-corrected chi connectivity index (χ1v) is 19.0. The molecule has 0 aliphatic rings. The number of nitrogens with one attached hydrogen (secondary N) is 6. The third-order valence-electron chi connectivity index (χ3n) is 9.06. The zero-order chi connectivity index (χ0) is 42.3. The minimum absolute atomic E-state index is 0.0151. The highest BCUT2D eigenvalue weighted by Crippen LogP contribution is 2.25. The monoisotopic (exact) mass is 797 g/mol. The van der Waals surface area contributed by atoms with Crippen LogP contribution in [0.5, 0.6) is 0 Å². The van der Waals surface area contributed by atoms with E-state index in [9.17, 15) is 24.0 Å². The zero-order valence-electron chi connectivity index (χ0n) is 33.6. The number of halogens is 2. The molecule has 17 heteroatoms. The molecule has 15 nitrogen and oxygen atoms in total. The molecule has 2 aromatic heterocycles. The van der Waals surface area contributed by atoms with Crippen molar-refractivity contribution in [3.63, 3.8) is 0 Å². The van der Waals surface area contributed by atoms with E-state index in [1.807, 2.05) is 0 Å². The summed E-state index contributed by atoms with van der Waals surface area (Å²) in [6.45, 7) is 11.9. The number of nitrogens with zero attached hydrogens (tertiary/aromatic N) is 2. The molecule has 0 saturated heterocycles. The second-order valence-electron chi connectivity index (χ2n) is 15.5. The number of hydrogen-bond acceptors (Lipinski definition) is 9. The summed E-state index contributed by atoms with van der Waals surface area (Å²) in [4.78, 5) is 78.2. The van der Waals surface area contributed by atoms with Crippen molar-refractivity contribution >= 4 is 29.7 Å². The minimum atomic E-state index is -4.26. The number of aromatic nitrogens is 3. The molecule has 5 amide bonds. The Morgan fingerprint density at radius 1 is 0.860 bits per heavy atom. The zero-order valence-corrected chi connectivity index (χ0v) is 33.6. The molecule has 0 spiro atoms. The number of nitrogens with two attached hydrogens (primary N) is 1. The SMILES string of the molecule is CC[C@H](C)[C@H](NC(=O)C(F)(F)[C@H](N)[C@H](CC(C)C)NC(=O)[C@H](Cc1cnc[nH]1)NC(=O)[C@H](Cc1ccccc1)NC(=O)OC(C)(C)C)C(=O)NCc1ccccn1. The van der Waals surface area contributed by atoms with Gasteiger partial charge in [0.05, 0.1) is 30.6 Å². The van der Waals surface area contributed by atoms with Gasteiger partial charge in [-0.05, 0) is 56.7 Å². The van der Waals surface area contributed by atoms with Crippen LogP contribution >= 0.6 is 0 Å². The number of carbonyl (C=O) groups excluding carboxylic acids is 5. The molecule has 0 bridgehead atoms. The Labute approximate surface area is 332 Å². The normalized spacial score (nSPS) is 14.9. The van der Waals surface area contributed by atoms with E-state index < -0.39 is 77.4 Å². The Kier molecular flexibility index (Phi) is 17.1. The highest BCUT2D eigenvalue weighted by atomic mass is 19.3. The van der Waals surface area contributed by atoms with Gasteiger partial charge in [-0.25, -0.2) is 9.78 Å². The quantitative estimate of drug-likeness (QED) is 0.0890. The lowest BCUT2D eigenvalue weighted by Crippen LogP contribution is -2.65. The number of rotatable bonds is 20. The van der Waals surface area contributed by atoms with E-state index in [2.05, 4.69) is 41.5 Å². The number of alkyl carbamates (subject to hydrolysis) is 1. The molecule has 0 radical (unpaired) electrons. The highest BCUT2D eigenvalue weighted by Gasteiger charge is 2.50. The maximum absolute atomic E-state index is 16.1. The van der Waals surface area contributed by atoms with Crippen LogP contribution in [0.15, 0.2) is 67.3 Å². The molecule has 57 heavy (non-hydrogen) atoms. The molecular weight excluding hydrogens is 740 g/mol. The van der Waals surface area contributed by atoms with E-state index >= 15 is 8.78 Å². The standard InChI is InChI=1S/C40H57F2N9O6/c1-8-25(4)32(36(54)46-22-27-16-12-13-17-45-27)51-37(55)40(41,42)33(43)29(18-24(2)3)48-35(53)31(20-28-21-44-23-47-28)49-34(52)30(19-26-14-10-9-11-15-26)50-38(56)57-39(5,6)7/h9-17,21,23-25,29-33H,8,18-20,22,43H2,1-7H3,(H,44,47)(H,46,54)(H,48,53)(H,49,52)(H,50,56)(H,51,55)/t25-,29-,30-,31-,32-,33+/m0/s1. The number of aromatic amines is 1. The van der Waals surface area contributed by atoms with Crippen LogP contribution in [0.1, 0.15) is 78.3 Å². The molecule has 6 atom stereocenters. The summed E-state index contributed by atoms with van der Waals surface area (Å²) in [5.74, 6) is -9.16. The Morgan fingerprint density at radius 3 is 2.09 bits per heavy atom. The average molecular weight is 798 g/mol. The summed E-state index contributed by atoms with van der Waals surface area (Å²) in [7, 11) is 0. The predicted molar refractivity (Wildman–Crippen MR) is 209 cm³/mol. The van der Waals surface area contributed by atoms with E-state index in [1.165, 1.54) is 12.5 Å². The largest absolute Gasteiger partial charge is 0.444 e. The number of imidazole rings is 1. The van der Waals surface area contributed by atoms with Crippen LogP contribution in [0.3, 0.4) is 0 Å². The van der Waals surface area contributed by atoms with Crippen LogP contribution in [-0.4, -0.2) is 86.4 Å². The summed E-state index contributed by atoms with van der Waals surface area (Å²) >= 11 is 0. The van der Waals surface area contributed by atoms with Crippen molar-refractivity contribution < 1.29 is 37.5 Å². The smallest absolute Gasteiger partial charge is 0.408 e. The van der Waals surface area contributed by atoms with Gasteiger partial charge >= 0.3 is 12.0 Å². The van der Waals surface area contributed by atoms with Crippen molar-refractivity contribution in [2.45, 2.75) is 122 Å². The molecule has 1 aromatic carbocycles. The van der Waals surface area contributed by atoms with E-state index in [1.54, 1.807) is 103 Å². The van der Waals surface area contributed by atoms with Gasteiger partial charge in [0.25, 0.3) is 5.91 Å². The molecule has 0 unspecified atom stereocenters. The van der Waals surface area contributed by atoms with Gasteiger partial charge in [0.1, 0.15) is 23.7 Å². The third kappa shape index (κ3) is 14.9. The molecule has 3 aromatic rings. The number of amides is 5. The van der Waals surface area contributed by atoms with Gasteiger partial charge in [-0.3, -0.25) is 24.2 Å². The molecule has 3 rings (SSSR count). The second-order valence-corrected chi connectivity index (χ2v) is 15.5. The highest BCUT2D eigenvalue weighted by molar-refractivity contribution is 5.93. The lowest BCUT2D eigenvalue weighted by Gasteiger charge is -2.34.